The van der Waals surface area contributed by atoms with Gasteiger partial charge in [-0.3, -0.25) is 9.59 Å². The van der Waals surface area contributed by atoms with Crippen molar-refractivity contribution >= 4 is 39.3 Å². The van der Waals surface area contributed by atoms with Crippen LogP contribution in [0.5, 0.6) is 0 Å². The molecule has 8 nitrogen and oxygen atoms in total. The molecule has 0 saturated heterocycles. The van der Waals surface area contributed by atoms with Crippen LogP contribution in [-0.4, -0.2) is 38.7 Å². The third-order valence-corrected chi connectivity index (χ3v) is 6.03. The van der Waals surface area contributed by atoms with Crippen molar-refractivity contribution in [2.75, 3.05) is 17.7 Å². The molecule has 2 rings (SSSR count). The number of carbonyl (C=O) groups excluding carboxylic acids is 2. The third-order valence-electron chi connectivity index (χ3n) is 3.54. The molecule has 0 heterocycles. The first-order valence-electron chi connectivity index (χ1n) is 8.46. The average molecular weight is 434 g/mol. The van der Waals surface area contributed by atoms with E-state index in [2.05, 4.69) is 10.0 Å². The molecule has 0 aliphatic rings. The number of sulfonamides is 1. The maximum absolute atomic E-state index is 12.2. The molecule has 0 fully saturated rings. The average Bonchev–Trinajstić information content (AvgIpc) is 2.71. The van der Waals surface area contributed by atoms with Gasteiger partial charge < -0.3 is 10.1 Å². The molecule has 0 aliphatic carbocycles. The van der Waals surface area contributed by atoms with Gasteiger partial charge in [0.05, 0.1) is 22.4 Å². The lowest BCUT2D eigenvalue weighted by Gasteiger charge is -2.14. The molecule has 0 aromatic heterocycles. The molecule has 0 spiro atoms. The molecule has 2 aromatic rings. The number of para-hydroxylation sites is 1. The van der Waals surface area contributed by atoms with Crippen molar-refractivity contribution in [3.05, 3.63) is 54.6 Å². The van der Waals surface area contributed by atoms with Gasteiger partial charge in [0.1, 0.15) is 6.04 Å². The number of esters is 1. The van der Waals surface area contributed by atoms with Gasteiger partial charge in [0.2, 0.25) is 10.0 Å². The van der Waals surface area contributed by atoms with Crippen LogP contribution in [0.3, 0.4) is 0 Å². The SMILES string of the molecule is CC(NS(=O)(=O)c1ccccc1)C(=O)OCC(=O)Nc1ccccc1SCC#N. The number of nitrogens with one attached hydrogen (secondary N) is 2. The molecule has 2 N–H and O–H groups in total. The van der Waals surface area contributed by atoms with Crippen LogP contribution in [0.15, 0.2) is 64.4 Å². The van der Waals surface area contributed by atoms with Gasteiger partial charge in [-0.25, -0.2) is 8.42 Å². The van der Waals surface area contributed by atoms with E-state index in [4.69, 9.17) is 10.00 Å². The first-order valence-corrected chi connectivity index (χ1v) is 10.9. The number of anilines is 1. The molecule has 0 aliphatic heterocycles. The standard InChI is InChI=1S/C19H19N3O5S2/c1-14(22-29(25,26)15-7-3-2-4-8-15)19(24)27-13-18(23)21-16-9-5-6-10-17(16)28-12-11-20/h2-10,14,22H,12-13H2,1H3,(H,21,23). The molecule has 0 saturated carbocycles. The van der Waals surface area contributed by atoms with E-state index in [1.807, 2.05) is 6.07 Å². The fourth-order valence-corrected chi connectivity index (χ4v) is 4.08. The lowest BCUT2D eigenvalue weighted by atomic mass is 10.3. The normalized spacial score (nSPS) is 11.9. The van der Waals surface area contributed by atoms with E-state index in [1.54, 1.807) is 42.5 Å². The van der Waals surface area contributed by atoms with Gasteiger partial charge in [-0.05, 0) is 31.2 Å². The molecule has 152 valence electrons. The number of rotatable bonds is 9. The second kappa shape index (κ2) is 10.6. The molecule has 2 aromatic carbocycles. The van der Waals surface area contributed by atoms with Gasteiger partial charge in [-0.2, -0.15) is 9.98 Å². The zero-order valence-corrected chi connectivity index (χ0v) is 17.1. The van der Waals surface area contributed by atoms with Crippen LogP contribution in [0.2, 0.25) is 0 Å². The summed E-state index contributed by atoms with van der Waals surface area (Å²) in [5.41, 5.74) is 0.492. The van der Waals surface area contributed by atoms with Crippen molar-refractivity contribution in [3.63, 3.8) is 0 Å². The first kappa shape index (κ1) is 22.4. The maximum atomic E-state index is 12.2. The number of carbonyl (C=O) groups is 2. The van der Waals surface area contributed by atoms with Gasteiger partial charge in [0, 0.05) is 4.90 Å². The number of amides is 1. The van der Waals surface area contributed by atoms with Crippen molar-refractivity contribution in [2.24, 2.45) is 0 Å². The molecule has 0 bridgehead atoms. The zero-order valence-electron chi connectivity index (χ0n) is 15.5. The highest BCUT2D eigenvalue weighted by molar-refractivity contribution is 7.99. The Morgan fingerprint density at radius 3 is 2.48 bits per heavy atom. The van der Waals surface area contributed by atoms with E-state index in [1.165, 1.54) is 30.8 Å². The molecule has 1 amide bonds. The highest BCUT2D eigenvalue weighted by Crippen LogP contribution is 2.26. The number of hydrogen-bond donors (Lipinski definition) is 2. The lowest BCUT2D eigenvalue weighted by Crippen LogP contribution is -2.40. The van der Waals surface area contributed by atoms with Gasteiger partial charge in [-0.15, -0.1) is 11.8 Å². The number of benzene rings is 2. The van der Waals surface area contributed by atoms with Crippen molar-refractivity contribution in [1.82, 2.24) is 4.72 Å². The van der Waals surface area contributed by atoms with E-state index >= 15 is 0 Å². The molecule has 0 radical (unpaired) electrons. The highest BCUT2D eigenvalue weighted by atomic mass is 32.2. The minimum absolute atomic E-state index is 0.0175. The van der Waals surface area contributed by atoms with Crippen molar-refractivity contribution in [1.29, 1.82) is 5.26 Å². The predicted octanol–water partition coefficient (Wildman–Crippen LogP) is 2.15. The monoisotopic (exact) mass is 433 g/mol. The van der Waals surface area contributed by atoms with Crippen LogP contribution in [0.1, 0.15) is 6.92 Å². The van der Waals surface area contributed by atoms with Gasteiger partial charge in [0.15, 0.2) is 6.61 Å². The summed E-state index contributed by atoms with van der Waals surface area (Å²) >= 11 is 1.26. The smallest absolute Gasteiger partial charge is 0.324 e. The predicted molar refractivity (Wildman–Crippen MR) is 109 cm³/mol. The molecule has 1 atom stereocenters. The van der Waals surface area contributed by atoms with Gasteiger partial charge >= 0.3 is 5.97 Å². The summed E-state index contributed by atoms with van der Waals surface area (Å²) in [6.07, 6.45) is 0. The topological polar surface area (TPSA) is 125 Å². The van der Waals surface area contributed by atoms with Gasteiger partial charge in [-0.1, -0.05) is 30.3 Å². The Morgan fingerprint density at radius 2 is 1.79 bits per heavy atom. The van der Waals surface area contributed by atoms with Crippen LogP contribution in [0.4, 0.5) is 5.69 Å². The summed E-state index contributed by atoms with van der Waals surface area (Å²) in [5.74, 6) is -1.24. The lowest BCUT2D eigenvalue weighted by molar-refractivity contribution is -0.148. The highest BCUT2D eigenvalue weighted by Gasteiger charge is 2.23. The number of hydrogen-bond acceptors (Lipinski definition) is 7. The van der Waals surface area contributed by atoms with E-state index < -0.39 is 34.5 Å². The Hall–Kier alpha value is -2.87. The summed E-state index contributed by atoms with van der Waals surface area (Å²) in [6, 6.07) is 15.3. The van der Waals surface area contributed by atoms with Crippen LogP contribution in [0, 0.1) is 11.3 Å². The summed E-state index contributed by atoms with van der Waals surface area (Å²) < 4.78 is 31.6. The van der Waals surface area contributed by atoms with Crippen LogP contribution in [-0.2, 0) is 24.3 Å². The quantitative estimate of drug-likeness (QED) is 0.458. The minimum Gasteiger partial charge on any atom is -0.454 e. The van der Waals surface area contributed by atoms with Crippen molar-refractivity contribution in [2.45, 2.75) is 22.8 Å². The number of ether oxygens (including phenoxy) is 1. The van der Waals surface area contributed by atoms with E-state index in [0.29, 0.717) is 10.6 Å². The second-order valence-electron chi connectivity index (χ2n) is 5.75. The van der Waals surface area contributed by atoms with E-state index in [0.717, 1.165) is 0 Å². The Bertz CT molecular complexity index is 1000. The van der Waals surface area contributed by atoms with Crippen LogP contribution < -0.4 is 10.0 Å². The molecular weight excluding hydrogens is 414 g/mol. The van der Waals surface area contributed by atoms with Crippen LogP contribution in [0.25, 0.3) is 0 Å². The van der Waals surface area contributed by atoms with Crippen LogP contribution >= 0.6 is 11.8 Å². The van der Waals surface area contributed by atoms with Crippen molar-refractivity contribution in [3.8, 4) is 6.07 Å². The minimum atomic E-state index is -3.89. The Morgan fingerprint density at radius 1 is 1.14 bits per heavy atom. The zero-order chi connectivity index (χ0) is 21.3. The number of nitriles is 1. The Kier molecular flexibility index (Phi) is 8.21. The third kappa shape index (κ3) is 6.90. The Labute approximate surface area is 173 Å². The summed E-state index contributed by atoms with van der Waals surface area (Å²) in [5, 5.41) is 11.3. The molecule has 29 heavy (non-hydrogen) atoms. The van der Waals surface area contributed by atoms with Gasteiger partial charge in [0.25, 0.3) is 5.91 Å². The molecular formula is C19H19N3O5S2. The first-order chi connectivity index (χ1) is 13.8. The Balaban J connectivity index is 1.89. The molecule has 10 heteroatoms. The summed E-state index contributed by atoms with van der Waals surface area (Å²) in [6.45, 7) is 0.752. The van der Waals surface area contributed by atoms with E-state index in [9.17, 15) is 18.0 Å². The number of nitrogens with zero attached hydrogens (tertiary/aromatic N) is 1. The largest absolute Gasteiger partial charge is 0.454 e. The summed E-state index contributed by atoms with van der Waals surface area (Å²) in [4.78, 5) is 24.8. The number of thioether (sulfide) groups is 1. The van der Waals surface area contributed by atoms with E-state index in [-0.39, 0.29) is 10.6 Å². The second-order valence-corrected chi connectivity index (χ2v) is 8.49. The fourth-order valence-electron chi connectivity index (χ4n) is 2.20. The molecule has 1 unspecified atom stereocenters. The van der Waals surface area contributed by atoms with Crippen molar-refractivity contribution < 1.29 is 22.7 Å². The fraction of sp³-hybridized carbons (Fsp3) is 0.211. The summed E-state index contributed by atoms with van der Waals surface area (Å²) in [7, 11) is -3.89. The maximum Gasteiger partial charge on any atom is 0.324 e.